The first-order valence-electron chi connectivity index (χ1n) is 11.2. The Labute approximate surface area is 210 Å². The molecule has 0 bridgehead atoms. The summed E-state index contributed by atoms with van der Waals surface area (Å²) in [7, 11) is 3.77. The van der Waals surface area contributed by atoms with Crippen molar-refractivity contribution in [3.05, 3.63) is 81.0 Å². The summed E-state index contributed by atoms with van der Waals surface area (Å²) >= 11 is 12.4. The molecule has 2 aliphatic heterocycles. The van der Waals surface area contributed by atoms with Crippen molar-refractivity contribution in [2.45, 2.75) is 31.8 Å². The summed E-state index contributed by atoms with van der Waals surface area (Å²) in [6.07, 6.45) is 0. The molecule has 0 spiro atoms. The molecule has 5 rings (SSSR count). The highest BCUT2D eigenvalue weighted by Gasteiger charge is 2.78. The minimum Gasteiger partial charge on any atom is -0.377 e. The zero-order chi connectivity index (χ0) is 24.6. The number of halogens is 2. The number of rotatable bonds is 3. The molecule has 1 fully saturated rings. The van der Waals surface area contributed by atoms with Gasteiger partial charge in [0, 0.05) is 36.0 Å². The van der Waals surface area contributed by atoms with Crippen molar-refractivity contribution in [1.29, 1.82) is 10.5 Å². The lowest BCUT2D eigenvalue weighted by atomic mass is 9.76. The van der Waals surface area contributed by atoms with Gasteiger partial charge in [-0.15, -0.1) is 0 Å². The molecule has 5 nitrogen and oxygen atoms in total. The van der Waals surface area contributed by atoms with Gasteiger partial charge < -0.3 is 4.90 Å². The van der Waals surface area contributed by atoms with Gasteiger partial charge >= 0.3 is 0 Å². The van der Waals surface area contributed by atoms with Gasteiger partial charge in [-0.25, -0.2) is 5.01 Å². The van der Waals surface area contributed by atoms with E-state index in [9.17, 15) is 10.5 Å². The van der Waals surface area contributed by atoms with E-state index in [0.29, 0.717) is 15.7 Å². The minimum atomic E-state index is -1.57. The highest BCUT2D eigenvalue weighted by molar-refractivity contribution is 6.31. The molecule has 0 amide bonds. The van der Waals surface area contributed by atoms with Crippen LogP contribution in [0.15, 0.2) is 64.9 Å². The Bertz CT molecular complexity index is 1310. The van der Waals surface area contributed by atoms with Crippen molar-refractivity contribution in [2.75, 3.05) is 14.1 Å². The van der Waals surface area contributed by atoms with Gasteiger partial charge in [-0.1, -0.05) is 61.3 Å². The van der Waals surface area contributed by atoms with Crippen LogP contribution in [0.2, 0.25) is 10.0 Å². The number of likely N-dealkylation sites (N-methyl/N-ethyl adjacent to an activating group) is 1. The molecule has 0 radical (unpaired) electrons. The molecule has 2 aromatic rings. The van der Waals surface area contributed by atoms with Crippen LogP contribution in [0.3, 0.4) is 0 Å². The molecular formula is C27H25Cl2N5. The first-order valence-corrected chi connectivity index (χ1v) is 12.0. The summed E-state index contributed by atoms with van der Waals surface area (Å²) < 4.78 is 0. The SMILES string of the molecule is CC1=C(N(C)C)C(C#N)(C#N)N2N=C(c3ccc(Cl)cc3)[C@@H]3[C@@H](C3(C)C)[C@]12c1ccc(Cl)cc1. The average molecular weight is 490 g/mol. The van der Waals surface area contributed by atoms with Gasteiger partial charge in [-0.2, -0.15) is 15.6 Å². The van der Waals surface area contributed by atoms with E-state index >= 15 is 0 Å². The van der Waals surface area contributed by atoms with Crippen LogP contribution in [0.5, 0.6) is 0 Å². The van der Waals surface area contributed by atoms with Gasteiger partial charge in [-0.3, -0.25) is 0 Å². The van der Waals surface area contributed by atoms with Crippen LogP contribution in [0.1, 0.15) is 31.9 Å². The van der Waals surface area contributed by atoms with E-state index in [2.05, 4.69) is 26.0 Å². The second-order valence-electron chi connectivity index (χ2n) is 10.2. The summed E-state index contributed by atoms with van der Waals surface area (Å²) in [6, 6.07) is 20.1. The molecule has 0 saturated heterocycles. The van der Waals surface area contributed by atoms with Crippen LogP contribution in [-0.2, 0) is 5.54 Å². The maximum atomic E-state index is 10.5. The third-order valence-corrected chi connectivity index (χ3v) is 8.40. The minimum absolute atomic E-state index is 0.0999. The van der Waals surface area contributed by atoms with Crippen molar-refractivity contribution >= 4 is 28.9 Å². The summed E-state index contributed by atoms with van der Waals surface area (Å²) in [5.74, 6) is 0.245. The van der Waals surface area contributed by atoms with Gasteiger partial charge in [-0.05, 0) is 53.3 Å². The predicted octanol–water partition coefficient (Wildman–Crippen LogP) is 5.82. The fraction of sp³-hybridized carbons (Fsp3) is 0.370. The third-order valence-electron chi connectivity index (χ3n) is 7.90. The van der Waals surface area contributed by atoms with Crippen LogP contribution >= 0.6 is 23.2 Å². The summed E-state index contributed by atoms with van der Waals surface area (Å²) in [6.45, 7) is 6.54. The van der Waals surface area contributed by atoms with E-state index in [4.69, 9.17) is 28.3 Å². The van der Waals surface area contributed by atoms with Crippen molar-refractivity contribution in [1.82, 2.24) is 9.91 Å². The topological polar surface area (TPSA) is 66.4 Å². The molecule has 3 aliphatic rings. The number of hydrogen-bond donors (Lipinski definition) is 0. The fourth-order valence-electron chi connectivity index (χ4n) is 6.56. The predicted molar refractivity (Wildman–Crippen MR) is 134 cm³/mol. The Morgan fingerprint density at radius 2 is 1.47 bits per heavy atom. The molecule has 1 aliphatic carbocycles. The quantitative estimate of drug-likeness (QED) is 0.544. The third kappa shape index (κ3) is 2.63. The van der Waals surface area contributed by atoms with E-state index in [1.165, 1.54) is 0 Å². The zero-order valence-corrected chi connectivity index (χ0v) is 21.3. The van der Waals surface area contributed by atoms with Crippen molar-refractivity contribution < 1.29 is 0 Å². The monoisotopic (exact) mass is 489 g/mol. The number of nitrogens with zero attached hydrogens (tertiary/aromatic N) is 5. The molecule has 34 heavy (non-hydrogen) atoms. The average Bonchev–Trinajstić information content (AvgIpc) is 3.30. The van der Waals surface area contributed by atoms with Crippen LogP contribution in [0.4, 0.5) is 0 Å². The van der Waals surface area contributed by atoms with Crippen LogP contribution in [-0.4, -0.2) is 35.3 Å². The first kappa shape index (κ1) is 22.8. The van der Waals surface area contributed by atoms with Crippen LogP contribution in [0, 0.1) is 39.9 Å². The van der Waals surface area contributed by atoms with E-state index in [1.807, 2.05) is 74.4 Å². The molecular weight excluding hydrogens is 465 g/mol. The van der Waals surface area contributed by atoms with Gasteiger partial charge in [0.1, 0.15) is 17.7 Å². The molecule has 0 aromatic heterocycles. The maximum Gasteiger partial charge on any atom is 0.270 e. The Kier molecular flexibility index (Phi) is 4.86. The second-order valence-corrected chi connectivity index (χ2v) is 11.0. The van der Waals surface area contributed by atoms with Crippen molar-refractivity contribution in [2.24, 2.45) is 22.4 Å². The first-order chi connectivity index (χ1) is 16.1. The summed E-state index contributed by atoms with van der Waals surface area (Å²) in [4.78, 5) is 1.89. The number of fused-ring (bicyclic) bond motifs is 3. The summed E-state index contributed by atoms with van der Waals surface area (Å²) in [5.41, 5.74) is 2.04. The van der Waals surface area contributed by atoms with E-state index in [0.717, 1.165) is 22.4 Å². The van der Waals surface area contributed by atoms with Gasteiger partial charge in [0.15, 0.2) is 0 Å². The smallest absolute Gasteiger partial charge is 0.270 e. The number of hydrazone groups is 1. The van der Waals surface area contributed by atoms with Crippen molar-refractivity contribution in [3.63, 3.8) is 0 Å². The Morgan fingerprint density at radius 1 is 0.941 bits per heavy atom. The lowest BCUT2D eigenvalue weighted by Crippen LogP contribution is -2.55. The lowest BCUT2D eigenvalue weighted by molar-refractivity contribution is 0.0612. The molecule has 0 unspecified atom stereocenters. The molecule has 172 valence electrons. The van der Waals surface area contributed by atoms with Gasteiger partial charge in [0.05, 0.1) is 11.4 Å². The molecule has 1 saturated carbocycles. The number of hydrogen-bond acceptors (Lipinski definition) is 5. The number of nitriles is 2. The second kappa shape index (κ2) is 7.25. The van der Waals surface area contributed by atoms with Crippen LogP contribution in [0.25, 0.3) is 0 Å². The molecule has 3 atom stereocenters. The summed E-state index contributed by atoms with van der Waals surface area (Å²) in [5, 5.41) is 29.3. The largest absolute Gasteiger partial charge is 0.377 e. The highest BCUT2D eigenvalue weighted by atomic mass is 35.5. The van der Waals surface area contributed by atoms with Gasteiger partial charge in [0.25, 0.3) is 5.54 Å². The molecule has 2 heterocycles. The molecule has 0 N–H and O–H groups in total. The lowest BCUT2D eigenvalue weighted by Gasteiger charge is -2.45. The Balaban J connectivity index is 1.88. The van der Waals surface area contributed by atoms with E-state index < -0.39 is 11.1 Å². The fourth-order valence-corrected chi connectivity index (χ4v) is 6.81. The standard InChI is InChI=1S/C27H25Cl2N5/c1-16-24(33(4)5)26(14-30,15-31)34-27(16,18-8-12-20(29)13-9-18)23-21(25(23,2)3)22(32-34)17-6-10-19(28)11-7-17/h6-13,21,23H,1-5H3/t21-,23+,27-/m1/s1. The van der Waals surface area contributed by atoms with Gasteiger partial charge in [0.2, 0.25) is 0 Å². The Morgan fingerprint density at radius 3 is 1.97 bits per heavy atom. The normalized spacial score (nSPS) is 27.8. The maximum absolute atomic E-state index is 10.5. The highest BCUT2D eigenvalue weighted by Crippen LogP contribution is 2.74. The molecule has 7 heteroatoms. The number of benzene rings is 2. The zero-order valence-electron chi connectivity index (χ0n) is 19.8. The van der Waals surface area contributed by atoms with E-state index in [-0.39, 0.29) is 17.3 Å². The Hall–Kier alpha value is -2.99. The van der Waals surface area contributed by atoms with E-state index in [1.54, 1.807) is 5.01 Å². The van der Waals surface area contributed by atoms with Crippen molar-refractivity contribution in [3.8, 4) is 12.1 Å². The molecule has 2 aromatic carbocycles. The van der Waals surface area contributed by atoms with Crippen LogP contribution < -0.4 is 0 Å².